The van der Waals surface area contributed by atoms with Crippen molar-refractivity contribution in [1.29, 1.82) is 0 Å². The van der Waals surface area contributed by atoms with E-state index in [1.165, 1.54) is 23.3 Å². The lowest BCUT2D eigenvalue weighted by Gasteiger charge is -2.43. The third-order valence-electron chi connectivity index (χ3n) is 11.1. The maximum atomic E-state index is 13.4. The van der Waals surface area contributed by atoms with Gasteiger partial charge in [-0.25, -0.2) is 0 Å². The molecule has 2 aliphatic heterocycles. The zero-order valence-electron chi connectivity index (χ0n) is 35.6. The monoisotopic (exact) mass is 879 g/mol. The summed E-state index contributed by atoms with van der Waals surface area (Å²) in [6.45, 7) is 3.16. The maximum Gasteiger partial charge on any atom is 0.272 e. The number of nitrogens with one attached hydrogen (secondary N) is 3. The number of anilines is 5. The third kappa shape index (κ3) is 11.0. The van der Waals surface area contributed by atoms with Crippen LogP contribution in [0.2, 0.25) is 0 Å². The lowest BCUT2D eigenvalue weighted by atomic mass is 10.00. The molecule has 3 aromatic carbocycles. The summed E-state index contributed by atoms with van der Waals surface area (Å²) < 4.78 is 26.7. The minimum absolute atomic E-state index is 0.124. The largest absolute Gasteiger partial charge is 0.493 e. The molecule has 16 nitrogen and oxygen atoms in total. The Balaban J connectivity index is 0.943. The number of ether oxygens (including phenoxy) is 4. The van der Waals surface area contributed by atoms with Crippen molar-refractivity contribution in [3.8, 4) is 11.5 Å². The molecule has 0 saturated carbocycles. The lowest BCUT2D eigenvalue weighted by molar-refractivity contribution is -0.201. The van der Waals surface area contributed by atoms with Gasteiger partial charge in [0.05, 0.1) is 36.0 Å². The lowest BCUT2D eigenvalue weighted by Crippen LogP contribution is -2.56. The predicted molar refractivity (Wildman–Crippen MR) is 243 cm³/mol. The Hall–Kier alpha value is -6.43. The van der Waals surface area contributed by atoms with Gasteiger partial charge in [-0.1, -0.05) is 0 Å². The molecule has 2 fully saturated rings. The molecule has 5 aromatic rings. The van der Waals surface area contributed by atoms with Crippen LogP contribution in [0.15, 0.2) is 72.9 Å². The molecular formula is C46H53N7O9S. The van der Waals surface area contributed by atoms with Gasteiger partial charge in [-0.3, -0.25) is 28.9 Å². The SMILES string of the molecule is COc1cc(C)c(N(C=O)C(OC2CCCCO2)C2CCCCN2C=O)cc1OCCCC(=O)Nc1cc(C(=O)Nc2ccc3sc(C(=O)Nc4ccc(N)cc4)cc3c2)n(C)c1. The molecule has 63 heavy (non-hydrogen) atoms. The van der Waals surface area contributed by atoms with Crippen LogP contribution in [0.5, 0.6) is 11.5 Å². The zero-order chi connectivity index (χ0) is 44.5. The van der Waals surface area contributed by atoms with Crippen LogP contribution in [0.3, 0.4) is 0 Å². The first kappa shape index (κ1) is 44.6. The zero-order valence-corrected chi connectivity index (χ0v) is 36.4. The highest BCUT2D eigenvalue weighted by Crippen LogP contribution is 2.38. The van der Waals surface area contributed by atoms with E-state index in [0.717, 1.165) is 54.2 Å². The summed E-state index contributed by atoms with van der Waals surface area (Å²) in [6, 6.07) is 18.9. The van der Waals surface area contributed by atoms with Gasteiger partial charge in [0.1, 0.15) is 5.69 Å². The van der Waals surface area contributed by atoms with Gasteiger partial charge in [0.15, 0.2) is 24.0 Å². The molecule has 3 unspecified atom stereocenters. The van der Waals surface area contributed by atoms with Crippen molar-refractivity contribution in [3.05, 3.63) is 89.1 Å². The number of nitrogen functional groups attached to an aromatic ring is 1. The number of piperidine rings is 1. The van der Waals surface area contributed by atoms with E-state index in [-0.39, 0.29) is 36.8 Å². The van der Waals surface area contributed by atoms with Crippen LogP contribution in [0.25, 0.3) is 10.1 Å². The van der Waals surface area contributed by atoms with Gasteiger partial charge in [0.2, 0.25) is 18.7 Å². The number of thiophene rings is 1. The van der Waals surface area contributed by atoms with E-state index >= 15 is 0 Å². The van der Waals surface area contributed by atoms with E-state index in [1.54, 1.807) is 83.4 Å². The molecule has 2 saturated heterocycles. The van der Waals surface area contributed by atoms with Crippen molar-refractivity contribution in [2.75, 3.05) is 53.5 Å². The molecule has 5 N–H and O–H groups in total. The molecule has 7 rings (SSSR count). The third-order valence-corrected chi connectivity index (χ3v) is 12.2. The molecule has 0 bridgehead atoms. The fraction of sp³-hybridized carbons (Fsp3) is 0.370. The number of hydrogen-bond donors (Lipinski definition) is 4. The van der Waals surface area contributed by atoms with Crippen molar-refractivity contribution in [3.63, 3.8) is 0 Å². The van der Waals surface area contributed by atoms with Crippen molar-refractivity contribution in [1.82, 2.24) is 9.47 Å². The number of nitrogens with two attached hydrogens (primary N) is 1. The summed E-state index contributed by atoms with van der Waals surface area (Å²) in [4.78, 5) is 68.1. The number of methoxy groups -OCH3 is 1. The molecule has 332 valence electrons. The molecule has 2 aliphatic rings. The van der Waals surface area contributed by atoms with Crippen LogP contribution in [0, 0.1) is 6.92 Å². The van der Waals surface area contributed by atoms with E-state index in [1.807, 2.05) is 13.0 Å². The Morgan fingerprint density at radius 3 is 2.44 bits per heavy atom. The van der Waals surface area contributed by atoms with Gasteiger partial charge in [-0.2, -0.15) is 0 Å². The van der Waals surface area contributed by atoms with Gasteiger partial charge in [0.25, 0.3) is 11.8 Å². The topological polar surface area (TPSA) is 196 Å². The van der Waals surface area contributed by atoms with Gasteiger partial charge in [-0.05, 0) is 123 Å². The van der Waals surface area contributed by atoms with Crippen LogP contribution in [-0.4, -0.2) is 85.4 Å². The Bertz CT molecular complexity index is 2430. The second-order valence-electron chi connectivity index (χ2n) is 15.7. The number of aromatic nitrogens is 1. The quantitative estimate of drug-likeness (QED) is 0.0301. The molecule has 5 amide bonds. The molecule has 0 spiro atoms. The van der Waals surface area contributed by atoms with E-state index < -0.39 is 12.5 Å². The highest BCUT2D eigenvalue weighted by Gasteiger charge is 2.38. The number of benzene rings is 3. The number of carbonyl (C=O) groups excluding carboxylic acids is 5. The van der Waals surface area contributed by atoms with E-state index in [9.17, 15) is 24.0 Å². The summed E-state index contributed by atoms with van der Waals surface area (Å²) in [5.74, 6) is -0.0474. The number of amides is 5. The number of rotatable bonds is 18. The average molecular weight is 880 g/mol. The summed E-state index contributed by atoms with van der Waals surface area (Å²) in [6.07, 6.45) is 7.38. The molecule has 17 heteroatoms. The first-order valence-corrected chi connectivity index (χ1v) is 21.9. The number of fused-ring (bicyclic) bond motifs is 1. The number of aryl methyl sites for hydroxylation is 2. The summed E-state index contributed by atoms with van der Waals surface area (Å²) in [7, 11) is 3.24. The van der Waals surface area contributed by atoms with Crippen molar-refractivity contribution < 1.29 is 42.9 Å². The van der Waals surface area contributed by atoms with Gasteiger partial charge in [-0.15, -0.1) is 11.3 Å². The van der Waals surface area contributed by atoms with Crippen molar-refractivity contribution >= 4 is 80.4 Å². The molecule has 0 radical (unpaired) electrons. The molecule has 4 heterocycles. The Labute approximate surface area is 369 Å². The highest BCUT2D eigenvalue weighted by atomic mass is 32.1. The smallest absolute Gasteiger partial charge is 0.272 e. The Kier molecular flexibility index (Phi) is 14.6. The first-order valence-electron chi connectivity index (χ1n) is 21.0. The maximum absolute atomic E-state index is 13.4. The van der Waals surface area contributed by atoms with Crippen molar-refractivity contribution in [2.24, 2.45) is 7.05 Å². The number of likely N-dealkylation sites (tertiary alicyclic amines) is 1. The van der Waals surface area contributed by atoms with Crippen LogP contribution in [0.1, 0.15) is 77.1 Å². The first-order chi connectivity index (χ1) is 30.5. The van der Waals surface area contributed by atoms with Crippen LogP contribution < -0.4 is 36.1 Å². The summed E-state index contributed by atoms with van der Waals surface area (Å²) >= 11 is 1.35. The van der Waals surface area contributed by atoms with Crippen LogP contribution >= 0.6 is 11.3 Å². The number of carbonyl (C=O) groups is 5. The van der Waals surface area contributed by atoms with Gasteiger partial charge < -0.3 is 50.1 Å². The molecular weight excluding hydrogens is 827 g/mol. The summed E-state index contributed by atoms with van der Waals surface area (Å²) in [5, 5.41) is 9.45. The van der Waals surface area contributed by atoms with E-state index in [4.69, 9.17) is 24.7 Å². The molecule has 0 aliphatic carbocycles. The fourth-order valence-electron chi connectivity index (χ4n) is 7.87. The standard InChI is InChI=1S/C46H53N7O9S/c1-29-21-38(59-3)39(25-36(29)53(28-55)46(62-43-11-5-7-19-61-43)35-9-4-6-18-52(35)27-54)60-20-8-10-42(56)48-34-24-37(51(2)26-34)44(57)50-33-16-17-40-30(22-33)23-41(63-40)45(58)49-32-14-12-31(47)13-15-32/h12-17,21-28,35,43,46H,4-11,18-20,47H2,1-3H3,(H,48,56)(H,49,58)(H,50,57). The second-order valence-corrected chi connectivity index (χ2v) is 16.7. The van der Waals surface area contributed by atoms with E-state index in [2.05, 4.69) is 16.0 Å². The minimum Gasteiger partial charge on any atom is -0.493 e. The van der Waals surface area contributed by atoms with E-state index in [0.29, 0.717) is 82.9 Å². The van der Waals surface area contributed by atoms with Gasteiger partial charge in [0, 0.05) is 60.6 Å². The average Bonchev–Trinajstić information content (AvgIpc) is 3.89. The number of hydrogen-bond acceptors (Lipinski definition) is 11. The predicted octanol–water partition coefficient (Wildman–Crippen LogP) is 7.28. The van der Waals surface area contributed by atoms with Crippen molar-refractivity contribution in [2.45, 2.75) is 76.9 Å². The Morgan fingerprint density at radius 1 is 0.921 bits per heavy atom. The summed E-state index contributed by atoms with van der Waals surface area (Å²) in [5.41, 5.74) is 9.60. The molecule has 2 aromatic heterocycles. The normalized spacial score (nSPS) is 16.8. The van der Waals surface area contributed by atoms with Crippen LogP contribution in [-0.2, 0) is 30.9 Å². The van der Waals surface area contributed by atoms with Gasteiger partial charge >= 0.3 is 0 Å². The van der Waals surface area contributed by atoms with Crippen LogP contribution in [0.4, 0.5) is 28.4 Å². The Morgan fingerprint density at radius 2 is 1.70 bits per heavy atom. The minimum atomic E-state index is -0.795. The molecule has 3 atom stereocenters. The number of nitrogens with zero attached hydrogens (tertiary/aromatic N) is 3. The highest BCUT2D eigenvalue weighted by molar-refractivity contribution is 7.20. The fourth-order valence-corrected chi connectivity index (χ4v) is 8.81. The second kappa shape index (κ2) is 20.6.